The van der Waals surface area contributed by atoms with Gasteiger partial charge in [-0.2, -0.15) is 0 Å². The number of fused-ring (bicyclic) bond motifs is 1. The maximum absolute atomic E-state index is 4.34. The molecule has 7 heteroatoms. The van der Waals surface area contributed by atoms with Crippen molar-refractivity contribution in [2.45, 2.75) is 45.3 Å². The molecule has 0 unspecified atom stereocenters. The second-order valence-corrected chi connectivity index (χ2v) is 6.52. The highest BCUT2D eigenvalue weighted by Gasteiger charge is 2.21. The molecule has 0 bridgehead atoms. The van der Waals surface area contributed by atoms with Crippen LogP contribution in [-0.2, 0) is 6.54 Å². The lowest BCUT2D eigenvalue weighted by Crippen LogP contribution is -2.49. The number of rotatable bonds is 4. The Bertz CT molecular complexity index is 683. The van der Waals surface area contributed by atoms with E-state index in [4.69, 9.17) is 0 Å². The van der Waals surface area contributed by atoms with Crippen LogP contribution in [0.1, 0.15) is 32.5 Å². The number of likely N-dealkylation sites (tertiary alicyclic amines) is 1. The summed E-state index contributed by atoms with van der Waals surface area (Å²) >= 11 is 0. The highest BCUT2D eigenvalue weighted by Crippen LogP contribution is 2.12. The van der Waals surface area contributed by atoms with E-state index in [0.717, 1.165) is 43.4 Å². The molecule has 0 aromatic carbocycles. The molecule has 130 valence electrons. The maximum Gasteiger partial charge on any atom is 0.191 e. The molecule has 0 amide bonds. The van der Waals surface area contributed by atoms with Crippen molar-refractivity contribution >= 4 is 11.6 Å². The van der Waals surface area contributed by atoms with E-state index in [0.29, 0.717) is 18.6 Å². The highest BCUT2D eigenvalue weighted by atomic mass is 15.3. The van der Waals surface area contributed by atoms with Crippen LogP contribution in [0.15, 0.2) is 29.4 Å². The first-order valence-electron chi connectivity index (χ1n) is 8.67. The minimum atomic E-state index is 0.473. The van der Waals surface area contributed by atoms with Gasteiger partial charge in [0.1, 0.15) is 0 Å². The van der Waals surface area contributed by atoms with E-state index in [-0.39, 0.29) is 0 Å². The first-order valence-corrected chi connectivity index (χ1v) is 8.67. The maximum atomic E-state index is 4.34. The molecular weight excluding hydrogens is 302 g/mol. The second-order valence-electron chi connectivity index (χ2n) is 6.52. The van der Waals surface area contributed by atoms with Crippen LogP contribution < -0.4 is 10.6 Å². The van der Waals surface area contributed by atoms with Gasteiger partial charge < -0.3 is 15.5 Å². The quantitative estimate of drug-likeness (QED) is 0.653. The molecule has 3 rings (SSSR count). The zero-order valence-electron chi connectivity index (χ0n) is 14.7. The molecule has 0 aliphatic carbocycles. The minimum Gasteiger partial charge on any atom is -0.354 e. The van der Waals surface area contributed by atoms with Crippen molar-refractivity contribution in [3.63, 3.8) is 0 Å². The summed E-state index contributed by atoms with van der Waals surface area (Å²) in [5.41, 5.74) is 0.860. The third-order valence-electron chi connectivity index (χ3n) is 4.62. The molecule has 24 heavy (non-hydrogen) atoms. The summed E-state index contributed by atoms with van der Waals surface area (Å²) in [5, 5.41) is 15.3. The molecule has 0 atom stereocenters. The number of hydrogen-bond acceptors (Lipinski definition) is 4. The van der Waals surface area contributed by atoms with E-state index in [9.17, 15) is 0 Å². The van der Waals surface area contributed by atoms with Crippen molar-refractivity contribution in [1.82, 2.24) is 30.1 Å². The third kappa shape index (κ3) is 3.84. The average molecular weight is 329 g/mol. The number of nitrogens with zero attached hydrogens (tertiary/aromatic N) is 5. The Kier molecular flexibility index (Phi) is 5.30. The summed E-state index contributed by atoms with van der Waals surface area (Å²) in [5.74, 6) is 1.70. The van der Waals surface area contributed by atoms with Crippen LogP contribution in [-0.4, -0.2) is 57.7 Å². The first kappa shape index (κ1) is 16.7. The Morgan fingerprint density at radius 3 is 2.79 bits per heavy atom. The lowest BCUT2D eigenvalue weighted by molar-refractivity contribution is 0.167. The van der Waals surface area contributed by atoms with Crippen LogP contribution in [0.25, 0.3) is 5.65 Å². The van der Waals surface area contributed by atoms with Gasteiger partial charge in [0.05, 0.1) is 6.54 Å². The molecule has 3 heterocycles. The van der Waals surface area contributed by atoms with Gasteiger partial charge in [0.25, 0.3) is 0 Å². The van der Waals surface area contributed by atoms with Gasteiger partial charge in [-0.1, -0.05) is 6.07 Å². The molecule has 1 aliphatic rings. The van der Waals surface area contributed by atoms with Crippen molar-refractivity contribution in [2.75, 3.05) is 20.1 Å². The van der Waals surface area contributed by atoms with Crippen molar-refractivity contribution in [2.24, 2.45) is 4.99 Å². The smallest absolute Gasteiger partial charge is 0.191 e. The Labute approximate surface area is 143 Å². The molecule has 0 radical (unpaired) electrons. The molecule has 2 aromatic heterocycles. The van der Waals surface area contributed by atoms with E-state index in [1.54, 1.807) is 7.05 Å². The summed E-state index contributed by atoms with van der Waals surface area (Å²) in [6.07, 6.45) is 4.27. The molecule has 2 aromatic rings. The van der Waals surface area contributed by atoms with Crippen LogP contribution in [0.3, 0.4) is 0 Å². The van der Waals surface area contributed by atoms with Crippen molar-refractivity contribution in [3.05, 3.63) is 30.2 Å². The van der Waals surface area contributed by atoms with Crippen molar-refractivity contribution in [3.8, 4) is 0 Å². The van der Waals surface area contributed by atoms with Gasteiger partial charge in [0.2, 0.25) is 0 Å². The summed E-state index contributed by atoms with van der Waals surface area (Å²) in [6.45, 7) is 7.40. The molecule has 2 N–H and O–H groups in total. The zero-order chi connectivity index (χ0) is 16.9. The van der Waals surface area contributed by atoms with Crippen LogP contribution in [0.2, 0.25) is 0 Å². The van der Waals surface area contributed by atoms with E-state index in [1.165, 1.54) is 0 Å². The second kappa shape index (κ2) is 7.61. The summed E-state index contributed by atoms with van der Waals surface area (Å²) in [7, 11) is 1.81. The van der Waals surface area contributed by atoms with E-state index < -0.39 is 0 Å². The van der Waals surface area contributed by atoms with E-state index in [2.05, 4.69) is 44.6 Å². The lowest BCUT2D eigenvalue weighted by Gasteiger charge is -2.35. The Hall–Kier alpha value is -2.15. The van der Waals surface area contributed by atoms with Gasteiger partial charge in [0.15, 0.2) is 17.4 Å². The third-order valence-corrected chi connectivity index (χ3v) is 4.62. The standard InChI is InChI=1S/C17H27N7/c1-13(2)23-10-7-14(8-11-23)20-17(18-3)19-12-16-22-21-15-6-4-5-9-24(15)16/h4-6,9,13-14H,7-8,10-12H2,1-3H3,(H2,18,19,20). The van der Waals surface area contributed by atoms with Gasteiger partial charge in [-0.15, -0.1) is 10.2 Å². The number of aromatic nitrogens is 3. The lowest BCUT2D eigenvalue weighted by atomic mass is 10.0. The average Bonchev–Trinajstić information content (AvgIpc) is 3.02. The van der Waals surface area contributed by atoms with Gasteiger partial charge in [0, 0.05) is 38.4 Å². The molecule has 0 saturated carbocycles. The fourth-order valence-electron chi connectivity index (χ4n) is 3.12. The number of hydrogen-bond donors (Lipinski definition) is 2. The van der Waals surface area contributed by atoms with Crippen LogP contribution in [0, 0.1) is 0 Å². The summed E-state index contributed by atoms with van der Waals surface area (Å²) in [6, 6.07) is 7.00. The van der Waals surface area contributed by atoms with Crippen molar-refractivity contribution < 1.29 is 0 Å². The SMILES string of the molecule is CN=C(NCc1nnc2ccccn12)NC1CCN(C(C)C)CC1. The van der Waals surface area contributed by atoms with E-state index in [1.807, 2.05) is 28.8 Å². The number of aliphatic imine (C=N–C) groups is 1. The molecule has 1 aliphatic heterocycles. The summed E-state index contributed by atoms with van der Waals surface area (Å²) < 4.78 is 1.99. The van der Waals surface area contributed by atoms with Gasteiger partial charge in [-0.05, 0) is 38.8 Å². The first-order chi connectivity index (χ1) is 11.7. The normalized spacial score (nSPS) is 17.6. The number of pyridine rings is 1. The fourth-order valence-corrected chi connectivity index (χ4v) is 3.12. The van der Waals surface area contributed by atoms with Crippen LogP contribution >= 0.6 is 0 Å². The monoisotopic (exact) mass is 329 g/mol. The largest absolute Gasteiger partial charge is 0.354 e. The number of nitrogens with one attached hydrogen (secondary N) is 2. The van der Waals surface area contributed by atoms with Crippen LogP contribution in [0.5, 0.6) is 0 Å². The molecule has 1 saturated heterocycles. The number of piperidine rings is 1. The topological polar surface area (TPSA) is 69.8 Å². The Morgan fingerprint density at radius 2 is 2.08 bits per heavy atom. The molecular formula is C17H27N7. The Balaban J connectivity index is 1.52. The highest BCUT2D eigenvalue weighted by molar-refractivity contribution is 5.79. The van der Waals surface area contributed by atoms with Gasteiger partial charge in [-0.3, -0.25) is 9.39 Å². The fraction of sp³-hybridized carbons (Fsp3) is 0.588. The Morgan fingerprint density at radius 1 is 1.29 bits per heavy atom. The molecule has 1 fully saturated rings. The van der Waals surface area contributed by atoms with Crippen LogP contribution in [0.4, 0.5) is 0 Å². The van der Waals surface area contributed by atoms with Crippen molar-refractivity contribution in [1.29, 1.82) is 0 Å². The molecule has 0 spiro atoms. The minimum absolute atomic E-state index is 0.473. The predicted octanol–water partition coefficient (Wildman–Crippen LogP) is 1.27. The van der Waals surface area contributed by atoms with E-state index >= 15 is 0 Å². The molecule has 7 nitrogen and oxygen atoms in total. The number of guanidine groups is 1. The van der Waals surface area contributed by atoms with Gasteiger partial charge >= 0.3 is 0 Å². The van der Waals surface area contributed by atoms with Gasteiger partial charge in [-0.25, -0.2) is 0 Å². The zero-order valence-corrected chi connectivity index (χ0v) is 14.7. The summed E-state index contributed by atoms with van der Waals surface area (Å²) in [4.78, 5) is 6.86. The predicted molar refractivity (Wildman–Crippen MR) is 96.1 cm³/mol.